The summed E-state index contributed by atoms with van der Waals surface area (Å²) >= 11 is 3.17. The molecule has 80 valence electrons. The summed E-state index contributed by atoms with van der Waals surface area (Å²) in [5, 5.41) is 8.65. The molecule has 5 heteroatoms. The Bertz CT molecular complexity index is 364. The molecular weight excluding hydrogens is 271 g/mol. The smallest absolute Gasteiger partial charge is 0.198 e. The summed E-state index contributed by atoms with van der Waals surface area (Å²) in [5.74, 6) is -1.13. The summed E-state index contributed by atoms with van der Waals surface area (Å²) in [5.41, 5.74) is 0.387. The first-order chi connectivity index (χ1) is 6.92. The summed E-state index contributed by atoms with van der Waals surface area (Å²) < 4.78 is 37.1. The standard InChI is InChI=1S/C10H7BrF3N/c11-9-3-1-7(2-4-9)8(6-15)5-10(12,13)14/h1-4,8H,5H2. The van der Waals surface area contributed by atoms with Crippen molar-refractivity contribution in [1.29, 1.82) is 5.26 Å². The molecule has 1 atom stereocenters. The molecule has 0 fully saturated rings. The first kappa shape index (κ1) is 12.1. The maximum Gasteiger partial charge on any atom is 0.390 e. The topological polar surface area (TPSA) is 23.8 Å². The van der Waals surface area contributed by atoms with Crippen LogP contribution in [0.15, 0.2) is 28.7 Å². The minimum Gasteiger partial charge on any atom is -0.198 e. The van der Waals surface area contributed by atoms with E-state index < -0.39 is 18.5 Å². The molecule has 0 aliphatic carbocycles. The van der Waals surface area contributed by atoms with Crippen LogP contribution in [-0.4, -0.2) is 6.18 Å². The van der Waals surface area contributed by atoms with Gasteiger partial charge in [0.05, 0.1) is 18.4 Å². The van der Waals surface area contributed by atoms with Crippen molar-refractivity contribution in [3.8, 4) is 6.07 Å². The fourth-order valence-electron chi connectivity index (χ4n) is 1.16. The summed E-state index contributed by atoms with van der Waals surface area (Å²) in [6.45, 7) is 0. The molecule has 1 aromatic carbocycles. The van der Waals surface area contributed by atoms with Crippen LogP contribution >= 0.6 is 15.9 Å². The monoisotopic (exact) mass is 277 g/mol. The van der Waals surface area contributed by atoms with E-state index in [1.54, 1.807) is 18.2 Å². The number of halogens is 4. The maximum atomic E-state index is 12.1. The van der Waals surface area contributed by atoms with Gasteiger partial charge in [-0.1, -0.05) is 28.1 Å². The molecule has 1 rings (SSSR count). The van der Waals surface area contributed by atoms with Crippen molar-refractivity contribution in [2.45, 2.75) is 18.5 Å². The molecular formula is C10H7BrF3N. The third-order valence-corrected chi connectivity index (χ3v) is 2.39. The van der Waals surface area contributed by atoms with Gasteiger partial charge in [-0.05, 0) is 17.7 Å². The molecule has 0 aliphatic heterocycles. The highest BCUT2D eigenvalue weighted by Crippen LogP contribution is 2.31. The average Bonchev–Trinajstić information content (AvgIpc) is 2.14. The molecule has 1 nitrogen and oxygen atoms in total. The minimum absolute atomic E-state index is 0.387. The molecule has 0 spiro atoms. The van der Waals surface area contributed by atoms with E-state index in [0.717, 1.165) is 4.47 Å². The normalized spacial score (nSPS) is 13.3. The zero-order chi connectivity index (χ0) is 11.5. The molecule has 0 radical (unpaired) electrons. The van der Waals surface area contributed by atoms with Gasteiger partial charge < -0.3 is 0 Å². The van der Waals surface area contributed by atoms with Gasteiger partial charge in [0.25, 0.3) is 0 Å². The van der Waals surface area contributed by atoms with Crippen LogP contribution in [0.25, 0.3) is 0 Å². The zero-order valence-corrected chi connectivity index (χ0v) is 9.14. The Morgan fingerprint density at radius 1 is 1.27 bits per heavy atom. The molecule has 0 amide bonds. The van der Waals surface area contributed by atoms with Crippen molar-refractivity contribution < 1.29 is 13.2 Å². The molecule has 1 unspecified atom stereocenters. The number of benzene rings is 1. The molecule has 0 saturated carbocycles. The van der Waals surface area contributed by atoms with Crippen LogP contribution in [0.5, 0.6) is 0 Å². The number of nitrogens with zero attached hydrogens (tertiary/aromatic N) is 1. The van der Waals surface area contributed by atoms with Gasteiger partial charge in [-0.2, -0.15) is 18.4 Å². The minimum atomic E-state index is -4.31. The molecule has 15 heavy (non-hydrogen) atoms. The zero-order valence-electron chi connectivity index (χ0n) is 7.55. The van der Waals surface area contributed by atoms with Crippen LogP contribution < -0.4 is 0 Å². The van der Waals surface area contributed by atoms with Crippen LogP contribution in [0.4, 0.5) is 13.2 Å². The van der Waals surface area contributed by atoms with E-state index in [1.807, 2.05) is 0 Å². The van der Waals surface area contributed by atoms with Crippen molar-refractivity contribution in [1.82, 2.24) is 0 Å². The number of nitriles is 1. The van der Waals surface area contributed by atoms with Gasteiger partial charge in [-0.25, -0.2) is 0 Å². The van der Waals surface area contributed by atoms with Crippen molar-refractivity contribution in [3.63, 3.8) is 0 Å². The molecule has 0 saturated heterocycles. The van der Waals surface area contributed by atoms with Crippen LogP contribution in [0.3, 0.4) is 0 Å². The molecule has 0 aliphatic rings. The summed E-state index contributed by atoms with van der Waals surface area (Å²) in [6.07, 6.45) is -5.42. The number of alkyl halides is 3. The third-order valence-electron chi connectivity index (χ3n) is 1.86. The Kier molecular flexibility index (Phi) is 3.75. The lowest BCUT2D eigenvalue weighted by Crippen LogP contribution is -2.12. The van der Waals surface area contributed by atoms with E-state index in [2.05, 4.69) is 15.9 Å². The van der Waals surface area contributed by atoms with Crippen LogP contribution in [0.2, 0.25) is 0 Å². The highest BCUT2D eigenvalue weighted by molar-refractivity contribution is 9.10. The second-order valence-electron chi connectivity index (χ2n) is 3.05. The van der Waals surface area contributed by atoms with E-state index in [0.29, 0.717) is 5.56 Å². The second kappa shape index (κ2) is 4.67. The Balaban J connectivity index is 2.85. The lowest BCUT2D eigenvalue weighted by molar-refractivity contribution is -0.136. The van der Waals surface area contributed by atoms with E-state index in [4.69, 9.17) is 5.26 Å². The van der Waals surface area contributed by atoms with Gasteiger partial charge in [0.2, 0.25) is 0 Å². The Hall–Kier alpha value is -1.02. The largest absolute Gasteiger partial charge is 0.390 e. The molecule has 1 aromatic rings. The van der Waals surface area contributed by atoms with Gasteiger partial charge >= 0.3 is 6.18 Å². The van der Waals surface area contributed by atoms with E-state index in [1.165, 1.54) is 12.1 Å². The average molecular weight is 278 g/mol. The highest BCUT2D eigenvalue weighted by atomic mass is 79.9. The SMILES string of the molecule is N#CC(CC(F)(F)F)c1ccc(Br)cc1. The number of rotatable bonds is 2. The van der Waals surface area contributed by atoms with E-state index in [-0.39, 0.29) is 0 Å². The molecule has 0 bridgehead atoms. The van der Waals surface area contributed by atoms with Gasteiger partial charge in [0, 0.05) is 4.47 Å². The molecule has 0 N–H and O–H groups in total. The Labute approximate surface area is 93.6 Å². The van der Waals surface area contributed by atoms with Gasteiger partial charge in [-0.3, -0.25) is 0 Å². The lowest BCUT2D eigenvalue weighted by atomic mass is 9.97. The van der Waals surface area contributed by atoms with Crippen LogP contribution in [0.1, 0.15) is 17.9 Å². The predicted molar refractivity (Wildman–Crippen MR) is 53.2 cm³/mol. The fraction of sp³-hybridized carbons (Fsp3) is 0.300. The molecule has 0 aromatic heterocycles. The number of hydrogen-bond acceptors (Lipinski definition) is 1. The fourth-order valence-corrected chi connectivity index (χ4v) is 1.43. The first-order valence-corrected chi connectivity index (χ1v) is 4.93. The first-order valence-electron chi connectivity index (χ1n) is 4.14. The van der Waals surface area contributed by atoms with Crippen LogP contribution in [-0.2, 0) is 0 Å². The summed E-state index contributed by atoms with van der Waals surface area (Å²) in [6, 6.07) is 7.94. The Morgan fingerprint density at radius 2 is 1.80 bits per heavy atom. The van der Waals surface area contributed by atoms with Crippen molar-refractivity contribution >= 4 is 15.9 Å². The second-order valence-corrected chi connectivity index (χ2v) is 3.97. The van der Waals surface area contributed by atoms with Crippen molar-refractivity contribution in [2.24, 2.45) is 0 Å². The number of hydrogen-bond donors (Lipinski definition) is 0. The van der Waals surface area contributed by atoms with Gasteiger partial charge in [0.1, 0.15) is 0 Å². The summed E-state index contributed by atoms with van der Waals surface area (Å²) in [4.78, 5) is 0. The van der Waals surface area contributed by atoms with Crippen LogP contribution in [0, 0.1) is 11.3 Å². The third kappa shape index (κ3) is 3.92. The quantitative estimate of drug-likeness (QED) is 0.801. The van der Waals surface area contributed by atoms with Gasteiger partial charge in [-0.15, -0.1) is 0 Å². The highest BCUT2D eigenvalue weighted by Gasteiger charge is 2.32. The predicted octanol–water partition coefficient (Wildman–Crippen LogP) is 4.01. The Morgan fingerprint density at radius 3 is 2.20 bits per heavy atom. The lowest BCUT2D eigenvalue weighted by Gasteiger charge is -2.11. The van der Waals surface area contributed by atoms with E-state index >= 15 is 0 Å². The van der Waals surface area contributed by atoms with Gasteiger partial charge in [0.15, 0.2) is 0 Å². The molecule has 0 heterocycles. The summed E-state index contributed by atoms with van der Waals surface area (Å²) in [7, 11) is 0. The van der Waals surface area contributed by atoms with Crippen molar-refractivity contribution in [3.05, 3.63) is 34.3 Å². The van der Waals surface area contributed by atoms with E-state index in [9.17, 15) is 13.2 Å². The maximum absolute atomic E-state index is 12.1. The van der Waals surface area contributed by atoms with Crippen molar-refractivity contribution in [2.75, 3.05) is 0 Å².